The zero-order valence-electron chi connectivity index (χ0n) is 53.2. The third kappa shape index (κ3) is 65.0. The molecule has 0 aliphatic rings. The maximum Gasteiger partial charge on any atom is 0.306 e. The lowest BCUT2D eigenvalue weighted by Crippen LogP contribution is -2.30. The van der Waals surface area contributed by atoms with E-state index >= 15 is 0 Å². The molecule has 0 rings (SSSR count). The molecule has 0 spiro atoms. The number of allylic oxidation sites excluding steroid dienone is 2. The fourth-order valence-electron chi connectivity index (χ4n) is 11.2. The molecule has 0 amide bonds. The van der Waals surface area contributed by atoms with Gasteiger partial charge in [-0.3, -0.25) is 14.4 Å². The Morgan fingerprint density at radius 3 is 0.641 bits per heavy atom. The maximum atomic E-state index is 12.9. The molecule has 1 atom stereocenters. The van der Waals surface area contributed by atoms with Gasteiger partial charge in [-0.15, -0.1) is 0 Å². The summed E-state index contributed by atoms with van der Waals surface area (Å²) in [4.78, 5) is 38.3. The molecule has 0 heterocycles. The molecule has 0 bridgehead atoms. The minimum atomic E-state index is -0.764. The van der Waals surface area contributed by atoms with Crippen molar-refractivity contribution in [2.24, 2.45) is 0 Å². The van der Waals surface area contributed by atoms with E-state index in [0.29, 0.717) is 19.3 Å². The van der Waals surface area contributed by atoms with Crippen molar-refractivity contribution >= 4 is 17.9 Å². The molecule has 0 N–H and O–H groups in total. The number of unbranched alkanes of at least 4 members (excludes halogenated alkanes) is 54. The number of carbonyl (C=O) groups is 3. The first-order valence-electron chi connectivity index (χ1n) is 35.7. The highest BCUT2D eigenvalue weighted by Crippen LogP contribution is 2.19. The minimum Gasteiger partial charge on any atom is -0.462 e. The molecule has 6 heteroatoms. The summed E-state index contributed by atoms with van der Waals surface area (Å²) in [6.45, 7) is 6.71. The molecule has 1 unspecified atom stereocenters. The summed E-state index contributed by atoms with van der Waals surface area (Å²) >= 11 is 0. The lowest BCUT2D eigenvalue weighted by molar-refractivity contribution is -0.167. The molecule has 0 radical (unpaired) electrons. The second-order valence-corrected chi connectivity index (χ2v) is 24.5. The van der Waals surface area contributed by atoms with Crippen LogP contribution < -0.4 is 0 Å². The maximum absolute atomic E-state index is 12.9. The molecule has 0 aromatic carbocycles. The number of hydrogen-bond acceptors (Lipinski definition) is 6. The first kappa shape index (κ1) is 76.1. The first-order chi connectivity index (χ1) is 38.5. The topological polar surface area (TPSA) is 78.9 Å². The molecule has 0 aliphatic heterocycles. The summed E-state index contributed by atoms with van der Waals surface area (Å²) in [5, 5.41) is 0. The Morgan fingerprint density at radius 1 is 0.244 bits per heavy atom. The van der Waals surface area contributed by atoms with E-state index in [-0.39, 0.29) is 31.1 Å². The molecule has 0 saturated heterocycles. The van der Waals surface area contributed by atoms with Gasteiger partial charge in [0.2, 0.25) is 0 Å². The normalized spacial score (nSPS) is 12.0. The van der Waals surface area contributed by atoms with Crippen molar-refractivity contribution in [2.75, 3.05) is 13.2 Å². The second-order valence-electron chi connectivity index (χ2n) is 24.5. The van der Waals surface area contributed by atoms with E-state index in [4.69, 9.17) is 14.2 Å². The van der Waals surface area contributed by atoms with Crippen molar-refractivity contribution in [3.8, 4) is 0 Å². The van der Waals surface area contributed by atoms with E-state index in [1.165, 1.54) is 315 Å². The Labute approximate surface area is 488 Å². The fourth-order valence-corrected chi connectivity index (χ4v) is 11.2. The van der Waals surface area contributed by atoms with Crippen LogP contribution in [0.25, 0.3) is 0 Å². The Bertz CT molecular complexity index is 1210. The number of esters is 3. The Hall–Kier alpha value is -1.85. The van der Waals surface area contributed by atoms with Crippen molar-refractivity contribution in [2.45, 2.75) is 419 Å². The highest BCUT2D eigenvalue weighted by Gasteiger charge is 2.19. The van der Waals surface area contributed by atoms with E-state index < -0.39 is 6.10 Å². The first-order valence-corrected chi connectivity index (χ1v) is 35.7. The van der Waals surface area contributed by atoms with Crippen LogP contribution in [0.4, 0.5) is 0 Å². The van der Waals surface area contributed by atoms with Gasteiger partial charge in [-0.1, -0.05) is 360 Å². The van der Waals surface area contributed by atoms with E-state index in [9.17, 15) is 14.4 Å². The lowest BCUT2D eigenvalue weighted by atomic mass is 10.0. The van der Waals surface area contributed by atoms with Crippen LogP contribution in [0.15, 0.2) is 12.2 Å². The molecular formula is C72H138O6. The fraction of sp³-hybridized carbons (Fsp3) is 0.931. The third-order valence-electron chi connectivity index (χ3n) is 16.5. The van der Waals surface area contributed by atoms with E-state index in [1.54, 1.807) is 0 Å². The van der Waals surface area contributed by atoms with Gasteiger partial charge in [-0.25, -0.2) is 0 Å². The van der Waals surface area contributed by atoms with Gasteiger partial charge in [0.1, 0.15) is 13.2 Å². The Kier molecular flexibility index (Phi) is 66.0. The average Bonchev–Trinajstić information content (AvgIpc) is 3.44. The minimum absolute atomic E-state index is 0.0623. The molecule has 0 aromatic rings. The predicted molar refractivity (Wildman–Crippen MR) is 340 cm³/mol. The summed E-state index contributed by atoms with van der Waals surface area (Å²) in [7, 11) is 0. The number of hydrogen-bond donors (Lipinski definition) is 0. The predicted octanol–water partition coefficient (Wildman–Crippen LogP) is 24.4. The lowest BCUT2D eigenvalue weighted by Gasteiger charge is -2.18. The van der Waals surface area contributed by atoms with Crippen molar-refractivity contribution in [1.29, 1.82) is 0 Å². The van der Waals surface area contributed by atoms with Crippen molar-refractivity contribution in [3.05, 3.63) is 12.2 Å². The summed E-state index contributed by atoms with van der Waals surface area (Å²) in [6.07, 6.45) is 81.3. The van der Waals surface area contributed by atoms with E-state index in [0.717, 1.165) is 57.8 Å². The van der Waals surface area contributed by atoms with Gasteiger partial charge >= 0.3 is 17.9 Å². The monoisotopic (exact) mass is 1100 g/mol. The van der Waals surface area contributed by atoms with Crippen LogP contribution in [0, 0.1) is 0 Å². The SMILES string of the molecule is CCCCCCCCCC/C=C\CCCCCCCCCCCCCCCCCCCCCC(=O)OCC(COC(=O)CCCCCCCCCCC)OC(=O)CCCCCCCCCCCCCCCCCCCCCC. The van der Waals surface area contributed by atoms with Crippen LogP contribution in [0.3, 0.4) is 0 Å². The molecule has 0 fully saturated rings. The Balaban J connectivity index is 4.03. The van der Waals surface area contributed by atoms with E-state index in [1.807, 2.05) is 0 Å². The molecule has 0 aliphatic carbocycles. The van der Waals surface area contributed by atoms with Crippen molar-refractivity contribution in [1.82, 2.24) is 0 Å². The zero-order chi connectivity index (χ0) is 56.4. The third-order valence-corrected chi connectivity index (χ3v) is 16.5. The van der Waals surface area contributed by atoms with Gasteiger partial charge in [-0.2, -0.15) is 0 Å². The molecular weight excluding hydrogens is 961 g/mol. The number of carbonyl (C=O) groups excluding carboxylic acids is 3. The van der Waals surface area contributed by atoms with Gasteiger partial charge in [-0.05, 0) is 44.9 Å². The largest absolute Gasteiger partial charge is 0.462 e. The molecule has 0 aromatic heterocycles. The van der Waals surface area contributed by atoms with Crippen molar-refractivity contribution in [3.63, 3.8) is 0 Å². The summed E-state index contributed by atoms with van der Waals surface area (Å²) in [5.74, 6) is -0.831. The van der Waals surface area contributed by atoms with Crippen LogP contribution in [0.1, 0.15) is 412 Å². The van der Waals surface area contributed by atoms with Gasteiger partial charge in [0, 0.05) is 19.3 Å². The summed E-state index contributed by atoms with van der Waals surface area (Å²) in [6, 6.07) is 0. The van der Waals surface area contributed by atoms with Gasteiger partial charge in [0.05, 0.1) is 0 Å². The summed E-state index contributed by atoms with van der Waals surface area (Å²) in [5.41, 5.74) is 0. The van der Waals surface area contributed by atoms with Gasteiger partial charge < -0.3 is 14.2 Å². The molecule has 0 saturated carbocycles. The van der Waals surface area contributed by atoms with Crippen LogP contribution in [-0.4, -0.2) is 37.2 Å². The van der Waals surface area contributed by atoms with Gasteiger partial charge in [0.25, 0.3) is 0 Å². The molecule has 78 heavy (non-hydrogen) atoms. The van der Waals surface area contributed by atoms with Crippen LogP contribution >= 0.6 is 0 Å². The second kappa shape index (κ2) is 67.7. The molecule has 462 valence electrons. The standard InChI is InChI=1S/C72H138O6/c1-4-7-10-13-16-19-21-23-25-27-29-31-32-33-34-35-36-37-38-39-40-41-43-44-46-48-50-53-56-59-62-65-71(74)77-68-69(67-76-70(73)64-61-58-55-52-18-15-12-9-6-3)78-72(75)66-63-60-57-54-51-49-47-45-42-30-28-26-24-22-20-17-14-11-8-5-2/h27,29,69H,4-26,28,30-68H2,1-3H3/b29-27-. The van der Waals surface area contributed by atoms with Crippen LogP contribution in [0.2, 0.25) is 0 Å². The summed E-state index contributed by atoms with van der Waals surface area (Å²) < 4.78 is 16.9. The van der Waals surface area contributed by atoms with Crippen LogP contribution in [-0.2, 0) is 28.6 Å². The Morgan fingerprint density at radius 2 is 0.423 bits per heavy atom. The number of ether oxygens (including phenoxy) is 3. The zero-order valence-corrected chi connectivity index (χ0v) is 53.2. The van der Waals surface area contributed by atoms with E-state index in [2.05, 4.69) is 32.9 Å². The highest BCUT2D eigenvalue weighted by molar-refractivity contribution is 5.71. The smallest absolute Gasteiger partial charge is 0.306 e. The molecule has 6 nitrogen and oxygen atoms in total. The van der Waals surface area contributed by atoms with Gasteiger partial charge in [0.15, 0.2) is 6.10 Å². The quantitative estimate of drug-likeness (QED) is 0.0261. The number of rotatable bonds is 67. The van der Waals surface area contributed by atoms with Crippen LogP contribution in [0.5, 0.6) is 0 Å². The highest BCUT2D eigenvalue weighted by atomic mass is 16.6. The average molecular weight is 1100 g/mol. The van der Waals surface area contributed by atoms with Crippen molar-refractivity contribution < 1.29 is 28.6 Å².